The number of nitrogens with one attached hydrogen (secondary N) is 1. The monoisotopic (exact) mass is 337 g/mol. The van der Waals surface area contributed by atoms with E-state index in [1.54, 1.807) is 7.11 Å². The number of benzene rings is 2. The van der Waals surface area contributed by atoms with Crippen molar-refractivity contribution >= 4 is 0 Å². The van der Waals surface area contributed by atoms with Gasteiger partial charge in [0, 0.05) is 13.1 Å². The highest BCUT2D eigenvalue weighted by Gasteiger charge is 2.20. The van der Waals surface area contributed by atoms with Crippen LogP contribution in [0.1, 0.15) is 17.2 Å². The van der Waals surface area contributed by atoms with Crippen molar-refractivity contribution in [2.45, 2.75) is 12.6 Å². The van der Waals surface area contributed by atoms with E-state index in [1.807, 2.05) is 12.1 Å². The molecule has 0 saturated carbocycles. The molecule has 7 heteroatoms. The van der Waals surface area contributed by atoms with Gasteiger partial charge in [-0.3, -0.25) is 0 Å². The molecule has 0 aliphatic carbocycles. The second-order valence-corrected chi connectivity index (χ2v) is 5.35. The van der Waals surface area contributed by atoms with E-state index in [-0.39, 0.29) is 13.3 Å². The molecule has 1 atom stereocenters. The summed E-state index contributed by atoms with van der Waals surface area (Å²) in [6.07, 6.45) is -0.948. The SMILES string of the molecule is COc1cc(CNC[C@H](O)c2ccc(F)c(F)c2)cc2c1OCO2. The van der Waals surface area contributed by atoms with Crippen molar-refractivity contribution < 1.29 is 28.1 Å². The highest BCUT2D eigenvalue weighted by molar-refractivity contribution is 5.55. The molecule has 0 amide bonds. The lowest BCUT2D eigenvalue weighted by Crippen LogP contribution is -2.21. The van der Waals surface area contributed by atoms with Crippen molar-refractivity contribution in [3.63, 3.8) is 0 Å². The predicted molar refractivity (Wildman–Crippen MR) is 82.1 cm³/mol. The fraction of sp³-hybridized carbons (Fsp3) is 0.294. The van der Waals surface area contributed by atoms with E-state index < -0.39 is 17.7 Å². The highest BCUT2D eigenvalue weighted by atomic mass is 19.2. The Morgan fingerprint density at radius 1 is 1.21 bits per heavy atom. The van der Waals surface area contributed by atoms with Crippen molar-refractivity contribution in [1.82, 2.24) is 5.32 Å². The van der Waals surface area contributed by atoms with Crippen molar-refractivity contribution in [2.24, 2.45) is 0 Å². The first-order valence-electron chi connectivity index (χ1n) is 7.38. The van der Waals surface area contributed by atoms with Gasteiger partial charge in [0.15, 0.2) is 23.1 Å². The van der Waals surface area contributed by atoms with E-state index in [0.717, 1.165) is 17.7 Å². The molecule has 0 saturated heterocycles. The molecule has 2 N–H and O–H groups in total. The Hall–Kier alpha value is -2.38. The first-order valence-corrected chi connectivity index (χ1v) is 7.38. The fourth-order valence-electron chi connectivity index (χ4n) is 2.48. The van der Waals surface area contributed by atoms with Crippen LogP contribution in [0.15, 0.2) is 30.3 Å². The molecular formula is C17H17F2NO4. The number of hydrogen-bond acceptors (Lipinski definition) is 5. The summed E-state index contributed by atoms with van der Waals surface area (Å²) in [5, 5.41) is 13.1. The van der Waals surface area contributed by atoms with E-state index in [9.17, 15) is 13.9 Å². The Labute approximate surface area is 137 Å². The Balaban J connectivity index is 1.61. The number of halogens is 2. The zero-order valence-electron chi connectivity index (χ0n) is 13.0. The summed E-state index contributed by atoms with van der Waals surface area (Å²) in [5.41, 5.74) is 1.19. The van der Waals surface area contributed by atoms with Crippen LogP contribution in [0.25, 0.3) is 0 Å². The molecule has 2 aromatic carbocycles. The third-order valence-electron chi connectivity index (χ3n) is 3.71. The largest absolute Gasteiger partial charge is 0.493 e. The summed E-state index contributed by atoms with van der Waals surface area (Å²) in [7, 11) is 1.54. The molecule has 0 radical (unpaired) electrons. The van der Waals surface area contributed by atoms with E-state index >= 15 is 0 Å². The predicted octanol–water partition coefficient (Wildman–Crippen LogP) is 2.53. The minimum absolute atomic E-state index is 0.150. The highest BCUT2D eigenvalue weighted by Crippen LogP contribution is 2.41. The summed E-state index contributed by atoms with van der Waals surface area (Å²) >= 11 is 0. The summed E-state index contributed by atoms with van der Waals surface area (Å²) in [4.78, 5) is 0. The molecule has 24 heavy (non-hydrogen) atoms. The number of ether oxygens (including phenoxy) is 3. The molecule has 0 unspecified atom stereocenters. The maximum absolute atomic E-state index is 13.2. The molecule has 0 aromatic heterocycles. The van der Waals surface area contributed by atoms with Crippen LogP contribution in [-0.2, 0) is 6.54 Å². The minimum Gasteiger partial charge on any atom is -0.493 e. The van der Waals surface area contributed by atoms with Gasteiger partial charge in [0.1, 0.15) is 0 Å². The number of methoxy groups -OCH3 is 1. The lowest BCUT2D eigenvalue weighted by Gasteiger charge is -2.13. The van der Waals surface area contributed by atoms with Gasteiger partial charge < -0.3 is 24.6 Å². The van der Waals surface area contributed by atoms with Crippen LogP contribution in [0.2, 0.25) is 0 Å². The van der Waals surface area contributed by atoms with Gasteiger partial charge in [0.2, 0.25) is 12.5 Å². The van der Waals surface area contributed by atoms with Gasteiger partial charge in [-0.15, -0.1) is 0 Å². The first-order chi connectivity index (χ1) is 11.6. The molecule has 5 nitrogen and oxygen atoms in total. The molecule has 2 aromatic rings. The summed E-state index contributed by atoms with van der Waals surface area (Å²) in [5.74, 6) is -0.170. The molecule has 1 aliphatic heterocycles. The maximum Gasteiger partial charge on any atom is 0.231 e. The normalized spacial score (nSPS) is 13.8. The third-order valence-corrected chi connectivity index (χ3v) is 3.71. The second kappa shape index (κ2) is 7.02. The fourth-order valence-corrected chi connectivity index (χ4v) is 2.48. The zero-order chi connectivity index (χ0) is 17.1. The van der Waals surface area contributed by atoms with Gasteiger partial charge in [0.05, 0.1) is 13.2 Å². The number of fused-ring (bicyclic) bond motifs is 1. The van der Waals surface area contributed by atoms with E-state index in [4.69, 9.17) is 14.2 Å². The maximum atomic E-state index is 13.2. The minimum atomic E-state index is -0.980. The lowest BCUT2D eigenvalue weighted by atomic mass is 10.1. The zero-order valence-corrected chi connectivity index (χ0v) is 13.0. The summed E-state index contributed by atoms with van der Waals surface area (Å²) < 4.78 is 42.0. The number of rotatable bonds is 6. The number of aliphatic hydroxyl groups excluding tert-OH is 1. The third kappa shape index (κ3) is 3.42. The molecule has 128 valence electrons. The van der Waals surface area contributed by atoms with Crippen molar-refractivity contribution in [2.75, 3.05) is 20.4 Å². The van der Waals surface area contributed by atoms with Crippen LogP contribution in [0.4, 0.5) is 8.78 Å². The topological polar surface area (TPSA) is 60.0 Å². The molecule has 1 heterocycles. The van der Waals surface area contributed by atoms with Gasteiger partial charge in [0.25, 0.3) is 0 Å². The van der Waals surface area contributed by atoms with Gasteiger partial charge >= 0.3 is 0 Å². The van der Waals surface area contributed by atoms with Crippen LogP contribution in [-0.4, -0.2) is 25.6 Å². The lowest BCUT2D eigenvalue weighted by molar-refractivity contribution is 0.171. The van der Waals surface area contributed by atoms with Crippen LogP contribution in [0, 0.1) is 11.6 Å². The smallest absolute Gasteiger partial charge is 0.231 e. The Morgan fingerprint density at radius 3 is 2.79 bits per heavy atom. The standard InChI is InChI=1S/C17H17F2NO4/c1-22-15-4-10(5-16-17(15)24-9-23-16)7-20-8-14(21)11-2-3-12(18)13(19)6-11/h2-6,14,20-21H,7-9H2,1H3/t14-/m0/s1. The van der Waals surface area contributed by atoms with E-state index in [2.05, 4.69) is 5.32 Å². The van der Waals surface area contributed by atoms with Crippen molar-refractivity contribution in [1.29, 1.82) is 0 Å². The van der Waals surface area contributed by atoms with Crippen molar-refractivity contribution in [3.8, 4) is 17.2 Å². The summed E-state index contributed by atoms with van der Waals surface area (Å²) in [6.45, 7) is 0.771. The second-order valence-electron chi connectivity index (χ2n) is 5.35. The Morgan fingerprint density at radius 2 is 2.04 bits per heavy atom. The molecule has 0 spiro atoms. The van der Waals surface area contributed by atoms with Crippen LogP contribution < -0.4 is 19.5 Å². The number of aliphatic hydroxyl groups is 1. The van der Waals surface area contributed by atoms with E-state index in [0.29, 0.717) is 29.4 Å². The van der Waals surface area contributed by atoms with E-state index in [1.165, 1.54) is 6.07 Å². The summed E-state index contributed by atoms with van der Waals surface area (Å²) in [6, 6.07) is 6.97. The van der Waals surface area contributed by atoms with Gasteiger partial charge in [-0.2, -0.15) is 0 Å². The first kappa shape index (κ1) is 16.5. The van der Waals surface area contributed by atoms with Crippen LogP contribution >= 0.6 is 0 Å². The Kier molecular flexibility index (Phi) is 4.82. The molecule has 3 rings (SSSR count). The van der Waals surface area contributed by atoms with Crippen LogP contribution in [0.3, 0.4) is 0 Å². The van der Waals surface area contributed by atoms with Gasteiger partial charge in [-0.1, -0.05) is 6.07 Å². The van der Waals surface area contributed by atoms with Gasteiger partial charge in [-0.05, 0) is 35.4 Å². The average Bonchev–Trinajstić information content (AvgIpc) is 3.05. The number of hydrogen-bond donors (Lipinski definition) is 2. The van der Waals surface area contributed by atoms with Crippen LogP contribution in [0.5, 0.6) is 17.2 Å². The van der Waals surface area contributed by atoms with Gasteiger partial charge in [-0.25, -0.2) is 8.78 Å². The molecule has 0 bridgehead atoms. The van der Waals surface area contributed by atoms with Crippen molar-refractivity contribution in [3.05, 3.63) is 53.1 Å². The molecular weight excluding hydrogens is 320 g/mol. The Bertz CT molecular complexity index is 739. The average molecular weight is 337 g/mol. The quantitative estimate of drug-likeness (QED) is 0.848. The molecule has 0 fully saturated rings. The molecule has 1 aliphatic rings.